The summed E-state index contributed by atoms with van der Waals surface area (Å²) in [5.41, 5.74) is 0. The van der Waals surface area contributed by atoms with Gasteiger partial charge >= 0.3 is 0 Å². The average Bonchev–Trinajstić information content (AvgIpc) is 2.20. The molecule has 0 aliphatic carbocycles. The van der Waals surface area contributed by atoms with Crippen LogP contribution in [0.1, 0.15) is 6.42 Å². The Balaban J connectivity index is 3.02. The Hall–Kier alpha value is -0.160. The fourth-order valence-corrected chi connectivity index (χ4v) is 1.04. The first kappa shape index (κ1) is 13.8. The van der Waals surface area contributed by atoms with E-state index in [1.54, 1.807) is 7.11 Å². The highest BCUT2D eigenvalue weighted by Gasteiger charge is 1.96. The molecule has 0 radical (unpaired) electrons. The van der Waals surface area contributed by atoms with E-state index in [1.807, 2.05) is 7.05 Å². The predicted molar refractivity (Wildman–Crippen MR) is 58.7 cm³/mol. The van der Waals surface area contributed by atoms with Crippen LogP contribution in [0.5, 0.6) is 0 Å². The molecule has 0 aromatic carbocycles. The van der Waals surface area contributed by atoms with E-state index in [4.69, 9.17) is 9.47 Å². The Morgan fingerprint density at radius 1 is 1.14 bits per heavy atom. The topological polar surface area (TPSA) is 33.7 Å². The zero-order valence-corrected chi connectivity index (χ0v) is 9.71. The molecule has 0 bridgehead atoms. The number of rotatable bonds is 10. The van der Waals surface area contributed by atoms with Crippen molar-refractivity contribution in [3.05, 3.63) is 0 Å². The summed E-state index contributed by atoms with van der Waals surface area (Å²) in [5.74, 6) is 0. The molecule has 0 aliphatic rings. The fourth-order valence-electron chi connectivity index (χ4n) is 1.04. The molecule has 0 unspecified atom stereocenters. The van der Waals surface area contributed by atoms with Crippen LogP contribution in [0.25, 0.3) is 0 Å². The Morgan fingerprint density at radius 2 is 1.93 bits per heavy atom. The van der Waals surface area contributed by atoms with Crippen LogP contribution in [0.15, 0.2) is 0 Å². The molecule has 0 saturated heterocycles. The van der Waals surface area contributed by atoms with Crippen molar-refractivity contribution >= 4 is 0 Å². The van der Waals surface area contributed by atoms with E-state index in [9.17, 15) is 0 Å². The summed E-state index contributed by atoms with van der Waals surface area (Å²) in [6.45, 7) is 5.49. The molecule has 0 fully saturated rings. The van der Waals surface area contributed by atoms with Gasteiger partial charge in [0.15, 0.2) is 0 Å². The lowest BCUT2D eigenvalue weighted by Crippen LogP contribution is -2.30. The van der Waals surface area contributed by atoms with E-state index >= 15 is 0 Å². The van der Waals surface area contributed by atoms with E-state index in [-0.39, 0.29) is 0 Å². The lowest BCUT2D eigenvalue weighted by atomic mass is 10.5. The third kappa shape index (κ3) is 9.92. The quantitative estimate of drug-likeness (QED) is 0.515. The smallest absolute Gasteiger partial charge is 0.0593 e. The minimum Gasteiger partial charge on any atom is -0.385 e. The van der Waals surface area contributed by atoms with Crippen molar-refractivity contribution in [1.82, 2.24) is 10.2 Å². The van der Waals surface area contributed by atoms with Gasteiger partial charge in [0.05, 0.1) is 6.61 Å². The second-order valence-electron chi connectivity index (χ2n) is 3.37. The normalized spacial score (nSPS) is 11.1. The summed E-state index contributed by atoms with van der Waals surface area (Å²) < 4.78 is 10.4. The van der Waals surface area contributed by atoms with Crippen molar-refractivity contribution in [3.8, 4) is 0 Å². The highest BCUT2D eigenvalue weighted by atomic mass is 16.5. The van der Waals surface area contributed by atoms with Gasteiger partial charge in [-0.25, -0.2) is 0 Å². The van der Waals surface area contributed by atoms with Gasteiger partial charge in [-0.3, -0.25) is 0 Å². The maximum atomic E-state index is 5.44. The van der Waals surface area contributed by atoms with Crippen molar-refractivity contribution in [1.29, 1.82) is 0 Å². The van der Waals surface area contributed by atoms with Gasteiger partial charge in [-0.15, -0.1) is 0 Å². The van der Waals surface area contributed by atoms with Crippen LogP contribution in [-0.4, -0.2) is 65.6 Å². The first-order chi connectivity index (χ1) is 6.81. The van der Waals surface area contributed by atoms with E-state index in [1.165, 1.54) is 0 Å². The van der Waals surface area contributed by atoms with E-state index in [0.29, 0.717) is 0 Å². The van der Waals surface area contributed by atoms with Crippen LogP contribution in [0.3, 0.4) is 0 Å². The van der Waals surface area contributed by atoms with Gasteiger partial charge in [-0.05, 0) is 20.5 Å². The van der Waals surface area contributed by atoms with Crippen molar-refractivity contribution < 1.29 is 9.47 Å². The zero-order valence-electron chi connectivity index (χ0n) is 9.71. The minimum atomic E-state index is 0.787. The standard InChI is InChI=1S/C10H24N2O2/c1-11-5-6-12(2)7-10-14-9-4-8-13-3/h11H,4-10H2,1-3H3. The molecule has 0 spiro atoms. The van der Waals surface area contributed by atoms with Gasteiger partial charge < -0.3 is 19.7 Å². The molecule has 4 nitrogen and oxygen atoms in total. The molecular weight excluding hydrogens is 180 g/mol. The maximum absolute atomic E-state index is 5.44. The Morgan fingerprint density at radius 3 is 2.57 bits per heavy atom. The van der Waals surface area contributed by atoms with Crippen LogP contribution in [-0.2, 0) is 9.47 Å². The molecule has 0 heterocycles. The fraction of sp³-hybridized carbons (Fsp3) is 1.00. The molecule has 14 heavy (non-hydrogen) atoms. The largest absolute Gasteiger partial charge is 0.385 e. The van der Waals surface area contributed by atoms with Crippen LogP contribution >= 0.6 is 0 Å². The molecule has 86 valence electrons. The van der Waals surface area contributed by atoms with E-state index < -0.39 is 0 Å². The molecular formula is C10H24N2O2. The number of methoxy groups -OCH3 is 1. The van der Waals surface area contributed by atoms with Gasteiger partial charge in [-0.1, -0.05) is 0 Å². The summed E-state index contributed by atoms with van der Waals surface area (Å²) in [5, 5.41) is 3.12. The van der Waals surface area contributed by atoms with Crippen molar-refractivity contribution in [3.63, 3.8) is 0 Å². The molecule has 0 aliphatic heterocycles. The zero-order chi connectivity index (χ0) is 10.6. The summed E-state index contributed by atoms with van der Waals surface area (Å²) in [4.78, 5) is 2.26. The first-order valence-electron chi connectivity index (χ1n) is 5.21. The molecule has 0 rings (SSSR count). The second kappa shape index (κ2) is 10.9. The molecule has 0 amide bonds. The molecule has 1 N–H and O–H groups in total. The van der Waals surface area contributed by atoms with Gasteiger partial charge in [0.25, 0.3) is 0 Å². The third-order valence-electron chi connectivity index (χ3n) is 2.00. The predicted octanol–water partition coefficient (Wildman–Crippen LogP) is 0.191. The van der Waals surface area contributed by atoms with Crippen LogP contribution < -0.4 is 5.32 Å². The summed E-state index contributed by atoms with van der Waals surface area (Å²) in [6, 6.07) is 0. The van der Waals surface area contributed by atoms with Crippen molar-refractivity contribution in [2.45, 2.75) is 6.42 Å². The monoisotopic (exact) mass is 204 g/mol. The molecule has 0 atom stereocenters. The number of hydrogen-bond acceptors (Lipinski definition) is 4. The van der Waals surface area contributed by atoms with E-state index in [0.717, 1.165) is 45.9 Å². The SMILES string of the molecule is CNCCN(C)CCOCCCOC. The summed E-state index contributed by atoms with van der Waals surface area (Å²) in [7, 11) is 5.79. The number of ether oxygens (including phenoxy) is 2. The Labute approximate surface area is 87.6 Å². The second-order valence-corrected chi connectivity index (χ2v) is 3.37. The lowest BCUT2D eigenvalue weighted by molar-refractivity contribution is 0.0890. The third-order valence-corrected chi connectivity index (χ3v) is 2.00. The van der Waals surface area contributed by atoms with Crippen molar-refractivity contribution in [2.75, 3.05) is 60.7 Å². The van der Waals surface area contributed by atoms with Gasteiger partial charge in [0.1, 0.15) is 0 Å². The number of nitrogens with zero attached hydrogens (tertiary/aromatic N) is 1. The van der Waals surface area contributed by atoms with E-state index in [2.05, 4.69) is 17.3 Å². The Kier molecular flexibility index (Phi) is 10.8. The number of hydrogen-bond donors (Lipinski definition) is 1. The molecule has 0 aromatic heterocycles. The number of likely N-dealkylation sites (N-methyl/N-ethyl adjacent to an activating group) is 2. The van der Waals surface area contributed by atoms with Crippen molar-refractivity contribution in [2.24, 2.45) is 0 Å². The lowest BCUT2D eigenvalue weighted by Gasteiger charge is -2.15. The average molecular weight is 204 g/mol. The minimum absolute atomic E-state index is 0.787. The highest BCUT2D eigenvalue weighted by Crippen LogP contribution is 1.86. The van der Waals surface area contributed by atoms with Crippen LogP contribution in [0.2, 0.25) is 0 Å². The van der Waals surface area contributed by atoms with Gasteiger partial charge in [-0.2, -0.15) is 0 Å². The Bertz CT molecular complexity index is 112. The molecule has 0 aromatic rings. The maximum Gasteiger partial charge on any atom is 0.0593 e. The van der Waals surface area contributed by atoms with Gasteiger partial charge in [0, 0.05) is 40.0 Å². The molecule has 4 heteroatoms. The summed E-state index contributed by atoms with van der Waals surface area (Å²) in [6.07, 6.45) is 0.983. The first-order valence-corrected chi connectivity index (χ1v) is 5.21. The number of nitrogens with one attached hydrogen (secondary N) is 1. The molecule has 0 saturated carbocycles. The van der Waals surface area contributed by atoms with Gasteiger partial charge in [0.2, 0.25) is 0 Å². The highest BCUT2D eigenvalue weighted by molar-refractivity contribution is 4.51. The van der Waals surface area contributed by atoms with Crippen LogP contribution in [0.4, 0.5) is 0 Å². The van der Waals surface area contributed by atoms with Crippen LogP contribution in [0, 0.1) is 0 Å². The summed E-state index contributed by atoms with van der Waals surface area (Å²) >= 11 is 0.